The standard InChI is InChI=1S/C20H25F2N5O2/c1-13-19(24-12-25-20(13)27-10-16(21)17(22)11-27)26-7-5-14(6-8-26)29-15-3-4-18(28-2)23-9-15/h3-4,9,12,14,16-17H,5-8,10-11H2,1-2H3/t16-,17-/m0/s1. The third-order valence-corrected chi connectivity index (χ3v) is 5.48. The van der Waals surface area contributed by atoms with Gasteiger partial charge in [-0.15, -0.1) is 0 Å². The van der Waals surface area contributed by atoms with Gasteiger partial charge in [-0.3, -0.25) is 0 Å². The Kier molecular flexibility index (Phi) is 5.64. The average Bonchev–Trinajstić information content (AvgIpc) is 3.08. The number of piperidine rings is 1. The minimum absolute atomic E-state index is 0.0320. The van der Waals surface area contributed by atoms with E-state index in [2.05, 4.69) is 19.9 Å². The Morgan fingerprint density at radius 1 is 0.966 bits per heavy atom. The van der Waals surface area contributed by atoms with E-state index < -0.39 is 12.3 Å². The number of ether oxygens (including phenoxy) is 2. The van der Waals surface area contributed by atoms with Crippen molar-refractivity contribution in [3.8, 4) is 11.6 Å². The van der Waals surface area contributed by atoms with E-state index in [-0.39, 0.29) is 19.2 Å². The maximum Gasteiger partial charge on any atom is 0.213 e. The van der Waals surface area contributed by atoms with Crippen molar-refractivity contribution in [3.05, 3.63) is 30.2 Å². The fourth-order valence-corrected chi connectivity index (χ4v) is 3.90. The van der Waals surface area contributed by atoms with Crippen LogP contribution in [0.3, 0.4) is 0 Å². The van der Waals surface area contributed by atoms with Gasteiger partial charge in [0.15, 0.2) is 12.3 Å². The van der Waals surface area contributed by atoms with Crippen molar-refractivity contribution in [1.29, 1.82) is 0 Å². The summed E-state index contributed by atoms with van der Waals surface area (Å²) in [5.41, 5.74) is 0.854. The van der Waals surface area contributed by atoms with Crippen molar-refractivity contribution in [2.45, 2.75) is 38.2 Å². The Morgan fingerprint density at radius 2 is 1.62 bits per heavy atom. The van der Waals surface area contributed by atoms with Gasteiger partial charge in [-0.25, -0.2) is 23.7 Å². The molecule has 0 unspecified atom stereocenters. The third-order valence-electron chi connectivity index (χ3n) is 5.48. The summed E-state index contributed by atoms with van der Waals surface area (Å²) in [6, 6.07) is 3.63. The maximum absolute atomic E-state index is 13.6. The quantitative estimate of drug-likeness (QED) is 0.758. The molecule has 0 radical (unpaired) electrons. The van der Waals surface area contributed by atoms with Gasteiger partial charge in [0.05, 0.1) is 26.4 Å². The predicted molar refractivity (Wildman–Crippen MR) is 105 cm³/mol. The van der Waals surface area contributed by atoms with Crippen LogP contribution in [0.25, 0.3) is 0 Å². The van der Waals surface area contributed by atoms with Gasteiger partial charge >= 0.3 is 0 Å². The van der Waals surface area contributed by atoms with E-state index >= 15 is 0 Å². The van der Waals surface area contributed by atoms with Crippen LogP contribution in [-0.4, -0.2) is 66.7 Å². The predicted octanol–water partition coefficient (Wildman–Crippen LogP) is 2.73. The van der Waals surface area contributed by atoms with Crippen LogP contribution < -0.4 is 19.3 Å². The second-order valence-electron chi connectivity index (χ2n) is 7.42. The van der Waals surface area contributed by atoms with Gasteiger partial charge in [0, 0.05) is 37.6 Å². The second kappa shape index (κ2) is 8.34. The molecule has 2 aliphatic heterocycles. The van der Waals surface area contributed by atoms with Gasteiger partial charge in [0.1, 0.15) is 29.8 Å². The number of anilines is 2. The van der Waals surface area contributed by atoms with Gasteiger partial charge < -0.3 is 19.3 Å². The molecular formula is C20H25F2N5O2. The number of hydrogen-bond acceptors (Lipinski definition) is 7. The Morgan fingerprint density at radius 3 is 2.21 bits per heavy atom. The molecule has 9 heteroatoms. The van der Waals surface area contributed by atoms with E-state index in [1.807, 2.05) is 13.0 Å². The molecule has 0 spiro atoms. The van der Waals surface area contributed by atoms with E-state index in [0.717, 1.165) is 43.1 Å². The lowest BCUT2D eigenvalue weighted by atomic mass is 10.1. The summed E-state index contributed by atoms with van der Waals surface area (Å²) in [6.07, 6.45) is 1.99. The van der Waals surface area contributed by atoms with Crippen LogP contribution in [0, 0.1) is 6.92 Å². The van der Waals surface area contributed by atoms with Crippen molar-refractivity contribution in [3.63, 3.8) is 0 Å². The van der Waals surface area contributed by atoms with Crippen LogP contribution in [0.15, 0.2) is 24.7 Å². The average molecular weight is 405 g/mol. The molecule has 4 rings (SSSR count). The lowest BCUT2D eigenvalue weighted by Crippen LogP contribution is -2.39. The second-order valence-corrected chi connectivity index (χ2v) is 7.42. The van der Waals surface area contributed by atoms with Crippen LogP contribution >= 0.6 is 0 Å². The zero-order chi connectivity index (χ0) is 20.4. The molecular weight excluding hydrogens is 380 g/mol. The largest absolute Gasteiger partial charge is 0.489 e. The normalized spacial score (nSPS) is 22.8. The molecule has 2 saturated heterocycles. The van der Waals surface area contributed by atoms with Gasteiger partial charge in [-0.2, -0.15) is 0 Å². The smallest absolute Gasteiger partial charge is 0.213 e. The zero-order valence-corrected chi connectivity index (χ0v) is 16.6. The lowest BCUT2D eigenvalue weighted by Gasteiger charge is -2.34. The molecule has 2 aromatic rings. The maximum atomic E-state index is 13.6. The Balaban J connectivity index is 1.39. The van der Waals surface area contributed by atoms with Crippen molar-refractivity contribution in [2.75, 3.05) is 43.1 Å². The molecule has 0 amide bonds. The molecule has 0 aromatic carbocycles. The van der Waals surface area contributed by atoms with Gasteiger partial charge in [-0.1, -0.05) is 0 Å². The number of halogens is 2. The number of pyridine rings is 1. The first kappa shape index (κ1) is 19.6. The monoisotopic (exact) mass is 405 g/mol. The minimum atomic E-state index is -1.46. The molecule has 156 valence electrons. The lowest BCUT2D eigenvalue weighted by molar-refractivity contribution is 0.169. The highest BCUT2D eigenvalue weighted by Gasteiger charge is 2.35. The zero-order valence-electron chi connectivity index (χ0n) is 16.6. The van der Waals surface area contributed by atoms with Crippen LogP contribution in [0.2, 0.25) is 0 Å². The molecule has 0 saturated carbocycles. The Labute approximate surface area is 168 Å². The fourth-order valence-electron chi connectivity index (χ4n) is 3.90. The van der Waals surface area contributed by atoms with E-state index in [0.29, 0.717) is 11.7 Å². The molecule has 0 aliphatic carbocycles. The summed E-state index contributed by atoms with van der Waals surface area (Å²) >= 11 is 0. The number of aromatic nitrogens is 3. The number of alkyl halides is 2. The van der Waals surface area contributed by atoms with Crippen LogP contribution in [0.1, 0.15) is 18.4 Å². The number of hydrogen-bond donors (Lipinski definition) is 0. The fraction of sp³-hybridized carbons (Fsp3) is 0.550. The molecule has 2 atom stereocenters. The van der Waals surface area contributed by atoms with E-state index in [1.165, 1.54) is 6.33 Å². The summed E-state index contributed by atoms with van der Waals surface area (Å²) in [4.78, 5) is 16.7. The van der Waals surface area contributed by atoms with Crippen molar-refractivity contribution >= 4 is 11.6 Å². The summed E-state index contributed by atoms with van der Waals surface area (Å²) in [6.45, 7) is 3.54. The van der Waals surface area contributed by atoms with Crippen LogP contribution in [-0.2, 0) is 0 Å². The molecule has 2 fully saturated rings. The highest BCUT2D eigenvalue weighted by molar-refractivity contribution is 5.60. The third kappa shape index (κ3) is 4.18. The topological polar surface area (TPSA) is 63.6 Å². The molecule has 2 aliphatic rings. The molecule has 4 heterocycles. The first-order chi connectivity index (χ1) is 14.0. The van der Waals surface area contributed by atoms with Crippen LogP contribution in [0.5, 0.6) is 11.6 Å². The Hall–Kier alpha value is -2.71. The van der Waals surface area contributed by atoms with E-state index in [1.54, 1.807) is 24.3 Å². The first-order valence-corrected chi connectivity index (χ1v) is 9.81. The summed E-state index contributed by atoms with van der Waals surface area (Å²) in [7, 11) is 1.58. The van der Waals surface area contributed by atoms with Crippen LogP contribution in [0.4, 0.5) is 20.4 Å². The molecule has 29 heavy (non-hydrogen) atoms. The molecule has 0 bridgehead atoms. The van der Waals surface area contributed by atoms with E-state index in [9.17, 15) is 8.78 Å². The molecule has 7 nitrogen and oxygen atoms in total. The summed E-state index contributed by atoms with van der Waals surface area (Å²) in [5, 5.41) is 0. The van der Waals surface area contributed by atoms with Gasteiger partial charge in [-0.05, 0) is 13.0 Å². The Bertz CT molecular complexity index is 820. The number of rotatable bonds is 5. The minimum Gasteiger partial charge on any atom is -0.489 e. The van der Waals surface area contributed by atoms with Crippen molar-refractivity contribution < 1.29 is 18.3 Å². The van der Waals surface area contributed by atoms with Crippen molar-refractivity contribution in [1.82, 2.24) is 15.0 Å². The summed E-state index contributed by atoms with van der Waals surface area (Å²) < 4.78 is 38.3. The van der Waals surface area contributed by atoms with E-state index in [4.69, 9.17) is 9.47 Å². The molecule has 2 aromatic heterocycles. The number of nitrogens with zero attached hydrogens (tertiary/aromatic N) is 5. The highest BCUT2D eigenvalue weighted by Crippen LogP contribution is 2.31. The molecule has 0 N–H and O–H groups in total. The SMILES string of the molecule is COc1ccc(OC2CCN(c3ncnc(N4C[C@H](F)[C@@H](F)C4)c3C)CC2)cn1. The summed E-state index contributed by atoms with van der Waals surface area (Å²) in [5.74, 6) is 2.71. The number of methoxy groups -OCH3 is 1. The van der Waals surface area contributed by atoms with Gasteiger partial charge in [0.2, 0.25) is 5.88 Å². The highest BCUT2D eigenvalue weighted by atomic mass is 19.2. The first-order valence-electron chi connectivity index (χ1n) is 9.81. The van der Waals surface area contributed by atoms with Crippen molar-refractivity contribution in [2.24, 2.45) is 0 Å². The van der Waals surface area contributed by atoms with Gasteiger partial charge in [0.25, 0.3) is 0 Å².